The monoisotopic (exact) mass is 226 g/mol. The second-order valence-electron chi connectivity index (χ2n) is 3.24. The minimum Gasteiger partial charge on any atom is -0.480 e. The Morgan fingerprint density at radius 3 is 2.56 bits per heavy atom. The molecule has 0 bridgehead atoms. The number of amides is 1. The van der Waals surface area contributed by atoms with Gasteiger partial charge in [-0.3, -0.25) is 9.59 Å². The van der Waals surface area contributed by atoms with Crippen molar-refractivity contribution in [1.29, 1.82) is 0 Å². The van der Waals surface area contributed by atoms with Gasteiger partial charge in [0.15, 0.2) is 0 Å². The molecule has 0 spiro atoms. The van der Waals surface area contributed by atoms with Crippen LogP contribution in [0.1, 0.15) is 18.5 Å². The van der Waals surface area contributed by atoms with Crippen molar-refractivity contribution in [2.75, 3.05) is 5.32 Å². The molecule has 1 aromatic carbocycles. The van der Waals surface area contributed by atoms with Crippen LogP contribution in [0, 0.1) is 5.82 Å². The molecule has 16 heavy (non-hydrogen) atoms. The SMILES string of the molecule is CC(=O)Nc1ccc([C@H](N)C(=O)O)cc1F. The Morgan fingerprint density at radius 2 is 2.12 bits per heavy atom. The molecule has 1 atom stereocenters. The zero-order chi connectivity index (χ0) is 12.3. The number of anilines is 1. The van der Waals surface area contributed by atoms with Crippen molar-refractivity contribution in [2.45, 2.75) is 13.0 Å². The quantitative estimate of drug-likeness (QED) is 0.712. The maximum atomic E-state index is 13.4. The lowest BCUT2D eigenvalue weighted by Gasteiger charge is -2.09. The highest BCUT2D eigenvalue weighted by atomic mass is 19.1. The van der Waals surface area contributed by atoms with Crippen molar-refractivity contribution in [2.24, 2.45) is 5.73 Å². The molecule has 1 rings (SSSR count). The minimum absolute atomic E-state index is 0.00570. The number of nitrogens with two attached hydrogens (primary N) is 1. The number of rotatable bonds is 3. The standard InChI is InChI=1S/C10H11FN2O3/c1-5(14)13-8-3-2-6(4-7(8)11)9(12)10(15)16/h2-4,9H,12H2,1H3,(H,13,14)(H,15,16)/t9-/m0/s1. The first-order valence-electron chi connectivity index (χ1n) is 4.47. The first-order chi connectivity index (χ1) is 7.41. The third kappa shape index (κ3) is 2.77. The van der Waals surface area contributed by atoms with E-state index in [4.69, 9.17) is 10.8 Å². The lowest BCUT2D eigenvalue weighted by molar-refractivity contribution is -0.138. The van der Waals surface area contributed by atoms with Crippen molar-refractivity contribution in [3.63, 3.8) is 0 Å². The molecule has 0 saturated carbocycles. The molecule has 0 unspecified atom stereocenters. The van der Waals surface area contributed by atoms with Gasteiger partial charge in [0.1, 0.15) is 11.9 Å². The molecule has 86 valence electrons. The first kappa shape index (κ1) is 12.1. The zero-order valence-electron chi connectivity index (χ0n) is 8.53. The Hall–Kier alpha value is -1.95. The van der Waals surface area contributed by atoms with Gasteiger partial charge >= 0.3 is 5.97 Å². The van der Waals surface area contributed by atoms with Crippen molar-refractivity contribution < 1.29 is 19.1 Å². The molecule has 0 aliphatic heterocycles. The lowest BCUT2D eigenvalue weighted by Crippen LogP contribution is -2.21. The maximum absolute atomic E-state index is 13.4. The summed E-state index contributed by atoms with van der Waals surface area (Å²) in [5.41, 5.74) is 5.44. The Morgan fingerprint density at radius 1 is 1.50 bits per heavy atom. The van der Waals surface area contributed by atoms with Gasteiger partial charge in [-0.2, -0.15) is 0 Å². The van der Waals surface area contributed by atoms with Gasteiger partial charge in [-0.15, -0.1) is 0 Å². The molecule has 0 saturated heterocycles. The van der Waals surface area contributed by atoms with Crippen LogP contribution in [0.3, 0.4) is 0 Å². The van der Waals surface area contributed by atoms with Crippen LogP contribution in [0.2, 0.25) is 0 Å². The molecule has 0 aliphatic carbocycles. The largest absolute Gasteiger partial charge is 0.480 e. The van der Waals surface area contributed by atoms with Gasteiger partial charge in [-0.1, -0.05) is 6.07 Å². The fourth-order valence-electron chi connectivity index (χ4n) is 1.16. The molecule has 6 heteroatoms. The molecule has 5 nitrogen and oxygen atoms in total. The average Bonchev–Trinajstić information content (AvgIpc) is 2.19. The summed E-state index contributed by atoms with van der Waals surface area (Å²) in [7, 11) is 0. The average molecular weight is 226 g/mol. The number of carboxylic acids is 1. The highest BCUT2D eigenvalue weighted by Crippen LogP contribution is 2.19. The molecule has 4 N–H and O–H groups in total. The van der Waals surface area contributed by atoms with Gasteiger partial charge in [-0.25, -0.2) is 4.39 Å². The second-order valence-corrected chi connectivity index (χ2v) is 3.24. The number of benzene rings is 1. The molecule has 0 heterocycles. The van der Waals surface area contributed by atoms with E-state index in [0.29, 0.717) is 0 Å². The number of hydrogen-bond donors (Lipinski definition) is 3. The van der Waals surface area contributed by atoms with E-state index >= 15 is 0 Å². The Balaban J connectivity index is 2.99. The summed E-state index contributed by atoms with van der Waals surface area (Å²) in [6, 6.07) is 2.34. The summed E-state index contributed by atoms with van der Waals surface area (Å²) in [6.07, 6.45) is 0. The Kier molecular flexibility index (Phi) is 3.57. The van der Waals surface area contributed by atoms with E-state index in [1.54, 1.807) is 0 Å². The van der Waals surface area contributed by atoms with E-state index in [2.05, 4.69) is 5.32 Å². The summed E-state index contributed by atoms with van der Waals surface area (Å²) in [5.74, 6) is -2.37. The van der Waals surface area contributed by atoms with Crippen LogP contribution in [0.25, 0.3) is 0 Å². The topological polar surface area (TPSA) is 92.4 Å². The van der Waals surface area contributed by atoms with Crippen LogP contribution in [0.5, 0.6) is 0 Å². The molecule has 0 aliphatic rings. The number of carboxylic acid groups (broad SMARTS) is 1. The van der Waals surface area contributed by atoms with Crippen LogP contribution >= 0.6 is 0 Å². The number of carbonyl (C=O) groups is 2. The number of carbonyl (C=O) groups excluding carboxylic acids is 1. The van der Waals surface area contributed by atoms with Crippen LogP contribution in [0.15, 0.2) is 18.2 Å². The smallest absolute Gasteiger partial charge is 0.325 e. The molecule has 0 aromatic heterocycles. The van der Waals surface area contributed by atoms with Gasteiger partial charge < -0.3 is 16.2 Å². The van der Waals surface area contributed by atoms with Crippen molar-refractivity contribution >= 4 is 17.6 Å². The third-order valence-electron chi connectivity index (χ3n) is 1.93. The Bertz CT molecular complexity index is 434. The summed E-state index contributed by atoms with van der Waals surface area (Å²) in [6.45, 7) is 1.25. The molecule has 0 fully saturated rings. The molecule has 0 radical (unpaired) electrons. The van der Waals surface area contributed by atoms with E-state index < -0.39 is 23.7 Å². The zero-order valence-corrected chi connectivity index (χ0v) is 8.53. The summed E-state index contributed by atoms with van der Waals surface area (Å²) in [5, 5.41) is 10.9. The van der Waals surface area contributed by atoms with Crippen LogP contribution in [-0.2, 0) is 9.59 Å². The molecule has 1 amide bonds. The van der Waals surface area contributed by atoms with E-state index in [1.165, 1.54) is 19.1 Å². The normalized spacial score (nSPS) is 11.9. The van der Waals surface area contributed by atoms with E-state index in [0.717, 1.165) is 6.07 Å². The van der Waals surface area contributed by atoms with Crippen molar-refractivity contribution in [3.8, 4) is 0 Å². The van der Waals surface area contributed by atoms with E-state index in [1.807, 2.05) is 0 Å². The molecular formula is C10H11FN2O3. The Labute approximate surface area is 91.1 Å². The van der Waals surface area contributed by atoms with E-state index in [9.17, 15) is 14.0 Å². The van der Waals surface area contributed by atoms with Gasteiger partial charge in [0.25, 0.3) is 0 Å². The first-order valence-corrected chi connectivity index (χ1v) is 4.47. The lowest BCUT2D eigenvalue weighted by atomic mass is 10.1. The highest BCUT2D eigenvalue weighted by Gasteiger charge is 2.16. The predicted molar refractivity (Wildman–Crippen MR) is 55.3 cm³/mol. The van der Waals surface area contributed by atoms with Crippen LogP contribution in [0.4, 0.5) is 10.1 Å². The molecule has 1 aromatic rings. The van der Waals surface area contributed by atoms with Crippen LogP contribution in [-0.4, -0.2) is 17.0 Å². The minimum atomic E-state index is -1.28. The number of aliphatic carboxylic acids is 1. The van der Waals surface area contributed by atoms with Crippen LogP contribution < -0.4 is 11.1 Å². The van der Waals surface area contributed by atoms with Gasteiger partial charge in [0.2, 0.25) is 5.91 Å². The third-order valence-corrected chi connectivity index (χ3v) is 1.93. The number of nitrogens with one attached hydrogen (secondary N) is 1. The maximum Gasteiger partial charge on any atom is 0.325 e. The molecular weight excluding hydrogens is 215 g/mol. The van der Waals surface area contributed by atoms with Gasteiger partial charge in [0.05, 0.1) is 5.69 Å². The second kappa shape index (κ2) is 4.71. The van der Waals surface area contributed by atoms with Gasteiger partial charge in [-0.05, 0) is 17.7 Å². The fraction of sp³-hybridized carbons (Fsp3) is 0.200. The summed E-state index contributed by atoms with van der Waals surface area (Å²) >= 11 is 0. The van der Waals surface area contributed by atoms with Crippen molar-refractivity contribution in [1.82, 2.24) is 0 Å². The summed E-state index contributed by atoms with van der Waals surface area (Å²) < 4.78 is 13.4. The number of halogens is 1. The van der Waals surface area contributed by atoms with Gasteiger partial charge in [0, 0.05) is 6.92 Å². The fourth-order valence-corrected chi connectivity index (χ4v) is 1.16. The summed E-state index contributed by atoms with van der Waals surface area (Å²) in [4.78, 5) is 21.3. The van der Waals surface area contributed by atoms with E-state index in [-0.39, 0.29) is 11.3 Å². The predicted octanol–water partition coefficient (Wildman–Crippen LogP) is 0.868. The van der Waals surface area contributed by atoms with Crippen molar-refractivity contribution in [3.05, 3.63) is 29.6 Å². The highest BCUT2D eigenvalue weighted by molar-refractivity contribution is 5.88. The number of hydrogen-bond acceptors (Lipinski definition) is 3.